The molecule has 0 aliphatic carbocycles. The highest BCUT2D eigenvalue weighted by molar-refractivity contribution is 14.0. The minimum absolute atomic E-state index is 0. The van der Waals surface area contributed by atoms with Crippen LogP contribution in [0.15, 0.2) is 29.3 Å². The molecule has 0 bridgehead atoms. The van der Waals surface area contributed by atoms with Gasteiger partial charge in [0.15, 0.2) is 5.96 Å². The molecule has 5 heteroatoms. The Balaban J connectivity index is 0.00000225. The normalized spacial score (nSPS) is 25.2. The quantitative estimate of drug-likeness (QED) is 0.419. The molecule has 4 nitrogen and oxygen atoms in total. The molecule has 0 saturated carbocycles. The molecule has 0 aromatic heterocycles. The van der Waals surface area contributed by atoms with Gasteiger partial charge in [-0.2, -0.15) is 0 Å². The van der Waals surface area contributed by atoms with Crippen LogP contribution in [-0.4, -0.2) is 37.1 Å². The number of aryl methyl sites for hydroxylation is 1. The number of hydrogen-bond donors (Lipinski definition) is 1. The number of aliphatic imine (C=N–C) groups is 1. The second-order valence-corrected chi connectivity index (χ2v) is 7.20. The van der Waals surface area contributed by atoms with Crippen LogP contribution in [0.25, 0.3) is 0 Å². The van der Waals surface area contributed by atoms with Crippen molar-refractivity contribution in [3.05, 3.63) is 35.4 Å². The minimum Gasteiger partial charge on any atom is -0.373 e. The molecule has 2 aliphatic rings. The van der Waals surface area contributed by atoms with Crippen molar-refractivity contribution in [3.8, 4) is 0 Å². The third-order valence-electron chi connectivity index (χ3n) is 5.27. The van der Waals surface area contributed by atoms with Gasteiger partial charge in [0.25, 0.3) is 0 Å². The Morgan fingerprint density at radius 2 is 1.80 bits per heavy atom. The summed E-state index contributed by atoms with van der Waals surface area (Å²) in [5, 5.41) is 0. The van der Waals surface area contributed by atoms with Crippen molar-refractivity contribution in [2.24, 2.45) is 16.6 Å². The predicted octanol–water partition coefficient (Wildman–Crippen LogP) is 4.27. The second kappa shape index (κ2) is 10.4. The molecule has 140 valence electrons. The van der Waals surface area contributed by atoms with E-state index in [1.54, 1.807) is 0 Å². The first-order valence-corrected chi connectivity index (χ1v) is 9.47. The fraction of sp³-hybridized carbons (Fsp3) is 0.650. The van der Waals surface area contributed by atoms with Gasteiger partial charge in [0.2, 0.25) is 0 Å². The van der Waals surface area contributed by atoms with Crippen LogP contribution >= 0.6 is 24.0 Å². The lowest BCUT2D eigenvalue weighted by Crippen LogP contribution is -2.38. The molecule has 2 heterocycles. The second-order valence-electron chi connectivity index (χ2n) is 7.20. The molecule has 2 atom stereocenters. The molecule has 25 heavy (non-hydrogen) atoms. The van der Waals surface area contributed by atoms with Crippen LogP contribution in [0.4, 0.5) is 0 Å². The summed E-state index contributed by atoms with van der Waals surface area (Å²) in [7, 11) is 0. The number of nitrogens with zero attached hydrogens (tertiary/aromatic N) is 2. The third kappa shape index (κ3) is 5.84. The summed E-state index contributed by atoms with van der Waals surface area (Å²) >= 11 is 0. The number of ether oxygens (including phenoxy) is 1. The van der Waals surface area contributed by atoms with Crippen molar-refractivity contribution >= 4 is 29.9 Å². The van der Waals surface area contributed by atoms with Gasteiger partial charge in [0, 0.05) is 32.2 Å². The number of guanidine groups is 1. The van der Waals surface area contributed by atoms with E-state index in [2.05, 4.69) is 36.1 Å². The molecule has 0 amide bonds. The van der Waals surface area contributed by atoms with Crippen LogP contribution in [0.5, 0.6) is 0 Å². The van der Waals surface area contributed by atoms with E-state index in [1.165, 1.54) is 36.8 Å². The summed E-state index contributed by atoms with van der Waals surface area (Å²) < 4.78 is 6.09. The van der Waals surface area contributed by atoms with Crippen LogP contribution < -0.4 is 5.73 Å². The lowest BCUT2D eigenvalue weighted by atomic mass is 9.89. The third-order valence-corrected chi connectivity index (χ3v) is 5.27. The average Bonchev–Trinajstić information content (AvgIpc) is 2.90. The molecule has 2 fully saturated rings. The summed E-state index contributed by atoms with van der Waals surface area (Å²) in [5.41, 5.74) is 8.83. The Morgan fingerprint density at radius 1 is 1.12 bits per heavy atom. The van der Waals surface area contributed by atoms with Crippen molar-refractivity contribution in [1.82, 2.24) is 4.90 Å². The highest BCUT2D eigenvalue weighted by Gasteiger charge is 2.27. The highest BCUT2D eigenvalue weighted by Crippen LogP contribution is 2.34. The maximum absolute atomic E-state index is 6.27. The standard InChI is InChI=1S/C20H31N3O.HI/c1-16-8-10-17(11-9-16)19-18(7-6-14-24-19)15-22-20(21)23-12-4-2-3-5-13-23;/h8-11,18-19H,2-7,12-15H2,1H3,(H2,21,22);1H. The zero-order chi connectivity index (χ0) is 16.8. The number of likely N-dealkylation sites (tertiary alicyclic amines) is 1. The van der Waals surface area contributed by atoms with Gasteiger partial charge in [-0.1, -0.05) is 42.7 Å². The monoisotopic (exact) mass is 457 g/mol. The maximum Gasteiger partial charge on any atom is 0.191 e. The van der Waals surface area contributed by atoms with Crippen LogP contribution in [0.1, 0.15) is 55.8 Å². The fourth-order valence-corrected chi connectivity index (χ4v) is 3.77. The molecule has 3 rings (SSSR count). The zero-order valence-electron chi connectivity index (χ0n) is 15.3. The summed E-state index contributed by atoms with van der Waals surface area (Å²) in [6.07, 6.45) is 7.52. The van der Waals surface area contributed by atoms with Gasteiger partial charge in [-0.3, -0.25) is 4.99 Å². The van der Waals surface area contributed by atoms with Gasteiger partial charge < -0.3 is 15.4 Å². The van der Waals surface area contributed by atoms with E-state index in [0.717, 1.165) is 45.0 Å². The van der Waals surface area contributed by atoms with Gasteiger partial charge in [-0.15, -0.1) is 24.0 Å². The molecule has 0 radical (unpaired) electrons. The van der Waals surface area contributed by atoms with Gasteiger partial charge in [-0.05, 0) is 38.2 Å². The first-order chi connectivity index (χ1) is 11.7. The van der Waals surface area contributed by atoms with Crippen molar-refractivity contribution in [2.75, 3.05) is 26.2 Å². The molecule has 2 unspecified atom stereocenters. The van der Waals surface area contributed by atoms with Crippen LogP contribution in [0, 0.1) is 12.8 Å². The first kappa shape index (κ1) is 20.5. The Kier molecular flexibility index (Phi) is 8.49. The van der Waals surface area contributed by atoms with Crippen LogP contribution in [-0.2, 0) is 4.74 Å². The maximum atomic E-state index is 6.27. The molecular formula is C20H32IN3O. The van der Waals surface area contributed by atoms with Crippen molar-refractivity contribution < 1.29 is 4.74 Å². The van der Waals surface area contributed by atoms with Crippen LogP contribution in [0.3, 0.4) is 0 Å². The van der Waals surface area contributed by atoms with Gasteiger partial charge in [-0.25, -0.2) is 0 Å². The molecular weight excluding hydrogens is 425 g/mol. The lowest BCUT2D eigenvalue weighted by molar-refractivity contribution is -0.0250. The zero-order valence-corrected chi connectivity index (χ0v) is 17.7. The van der Waals surface area contributed by atoms with Crippen LogP contribution in [0.2, 0.25) is 0 Å². The van der Waals surface area contributed by atoms with E-state index in [1.807, 2.05) is 0 Å². The Hall–Kier alpha value is -0.820. The largest absolute Gasteiger partial charge is 0.373 e. The van der Waals surface area contributed by atoms with E-state index in [0.29, 0.717) is 5.92 Å². The fourth-order valence-electron chi connectivity index (χ4n) is 3.77. The molecule has 2 aliphatic heterocycles. The number of hydrogen-bond acceptors (Lipinski definition) is 2. The topological polar surface area (TPSA) is 50.9 Å². The summed E-state index contributed by atoms with van der Waals surface area (Å²) in [4.78, 5) is 7.01. The average molecular weight is 457 g/mol. The summed E-state index contributed by atoms with van der Waals surface area (Å²) in [6, 6.07) is 8.72. The van der Waals surface area contributed by atoms with E-state index in [9.17, 15) is 0 Å². The first-order valence-electron chi connectivity index (χ1n) is 9.47. The molecule has 0 spiro atoms. The smallest absolute Gasteiger partial charge is 0.191 e. The van der Waals surface area contributed by atoms with Crippen molar-refractivity contribution in [2.45, 2.75) is 51.6 Å². The van der Waals surface area contributed by atoms with Crippen molar-refractivity contribution in [3.63, 3.8) is 0 Å². The predicted molar refractivity (Wildman–Crippen MR) is 115 cm³/mol. The summed E-state index contributed by atoms with van der Waals surface area (Å²) in [6.45, 7) is 5.84. The molecule has 2 N–H and O–H groups in total. The van der Waals surface area contributed by atoms with E-state index < -0.39 is 0 Å². The van der Waals surface area contributed by atoms with Gasteiger partial charge in [0.1, 0.15) is 0 Å². The van der Waals surface area contributed by atoms with Gasteiger partial charge in [0.05, 0.1) is 6.10 Å². The minimum atomic E-state index is 0. The number of halogens is 1. The highest BCUT2D eigenvalue weighted by atomic mass is 127. The molecule has 1 aromatic rings. The Labute approximate surface area is 169 Å². The van der Waals surface area contributed by atoms with Gasteiger partial charge >= 0.3 is 0 Å². The summed E-state index contributed by atoms with van der Waals surface area (Å²) in [5.74, 6) is 1.15. The molecule has 2 saturated heterocycles. The van der Waals surface area contributed by atoms with E-state index in [4.69, 9.17) is 15.5 Å². The number of nitrogens with two attached hydrogens (primary N) is 1. The Bertz CT molecular complexity index is 538. The number of benzene rings is 1. The SMILES string of the molecule is Cc1ccc(C2OCCCC2CN=C(N)N2CCCCCC2)cc1.I. The lowest BCUT2D eigenvalue weighted by Gasteiger charge is -2.31. The van der Waals surface area contributed by atoms with Crippen molar-refractivity contribution in [1.29, 1.82) is 0 Å². The van der Waals surface area contributed by atoms with E-state index >= 15 is 0 Å². The molecule has 1 aromatic carbocycles. The van der Waals surface area contributed by atoms with E-state index in [-0.39, 0.29) is 30.1 Å². The number of rotatable bonds is 3. The Morgan fingerprint density at radius 3 is 2.48 bits per heavy atom.